The zero-order valence-corrected chi connectivity index (χ0v) is 10.6. The minimum Gasteiger partial charge on any atom is -0.396 e. The predicted molar refractivity (Wildman–Crippen MR) is 68.7 cm³/mol. The third-order valence-corrected chi connectivity index (χ3v) is 4.82. The van der Waals surface area contributed by atoms with Crippen molar-refractivity contribution in [2.24, 2.45) is 0 Å². The molecule has 2 heterocycles. The van der Waals surface area contributed by atoms with Crippen LogP contribution in [-0.2, 0) is 9.84 Å². The second-order valence-corrected chi connectivity index (χ2v) is 6.76. The van der Waals surface area contributed by atoms with Crippen molar-refractivity contribution in [3.05, 3.63) is 17.8 Å². The topological polar surface area (TPSA) is 85.1 Å². The largest absolute Gasteiger partial charge is 0.396 e. The van der Waals surface area contributed by atoms with Crippen LogP contribution in [0.25, 0.3) is 0 Å². The van der Waals surface area contributed by atoms with Crippen molar-refractivity contribution in [2.45, 2.75) is 25.8 Å². The van der Waals surface area contributed by atoms with Crippen LogP contribution in [0.4, 0.5) is 11.5 Å². The fraction of sp³-hybridized carbons (Fsp3) is 0.545. The van der Waals surface area contributed by atoms with E-state index in [-0.39, 0.29) is 17.5 Å². The monoisotopic (exact) mass is 255 g/mol. The highest BCUT2D eigenvalue weighted by Crippen LogP contribution is 2.22. The molecule has 1 fully saturated rings. The van der Waals surface area contributed by atoms with Crippen LogP contribution in [0, 0.1) is 6.92 Å². The number of sulfone groups is 1. The molecule has 94 valence electrons. The van der Waals surface area contributed by atoms with Crippen LogP contribution in [0.2, 0.25) is 0 Å². The number of nitrogen functional groups attached to an aromatic ring is 1. The standard InChI is InChI=1S/C11H17N3O2S/c1-8-2-5-13-11(10(8)12)14-9-3-6-17(15,16)7-4-9/h2,5,9H,3-4,6-7,12H2,1H3,(H,13,14). The summed E-state index contributed by atoms with van der Waals surface area (Å²) in [5.74, 6) is 1.15. The summed E-state index contributed by atoms with van der Waals surface area (Å²) < 4.78 is 22.6. The van der Waals surface area contributed by atoms with E-state index >= 15 is 0 Å². The van der Waals surface area contributed by atoms with Gasteiger partial charge in [0.1, 0.15) is 15.7 Å². The van der Waals surface area contributed by atoms with Gasteiger partial charge in [-0.2, -0.15) is 0 Å². The summed E-state index contributed by atoms with van der Waals surface area (Å²) in [5, 5.41) is 3.23. The van der Waals surface area contributed by atoms with Crippen molar-refractivity contribution in [3.63, 3.8) is 0 Å². The highest BCUT2D eigenvalue weighted by Gasteiger charge is 2.24. The van der Waals surface area contributed by atoms with Gasteiger partial charge in [0.15, 0.2) is 0 Å². The molecule has 0 aliphatic carbocycles. The quantitative estimate of drug-likeness (QED) is 0.822. The van der Waals surface area contributed by atoms with Gasteiger partial charge in [-0.15, -0.1) is 0 Å². The van der Waals surface area contributed by atoms with Crippen LogP contribution in [0.1, 0.15) is 18.4 Å². The third-order valence-electron chi connectivity index (χ3n) is 3.10. The molecule has 1 aliphatic heterocycles. The van der Waals surface area contributed by atoms with Gasteiger partial charge in [-0.3, -0.25) is 0 Å². The molecule has 0 unspecified atom stereocenters. The molecule has 1 saturated heterocycles. The van der Waals surface area contributed by atoms with Gasteiger partial charge in [-0.05, 0) is 31.4 Å². The molecule has 0 bridgehead atoms. The maximum absolute atomic E-state index is 11.3. The van der Waals surface area contributed by atoms with E-state index in [1.807, 2.05) is 13.0 Å². The molecule has 5 nitrogen and oxygen atoms in total. The number of aromatic nitrogens is 1. The molecule has 0 radical (unpaired) electrons. The average molecular weight is 255 g/mol. The molecule has 0 amide bonds. The normalized spacial score (nSPS) is 20.1. The minimum absolute atomic E-state index is 0.148. The van der Waals surface area contributed by atoms with E-state index < -0.39 is 9.84 Å². The van der Waals surface area contributed by atoms with Crippen LogP contribution in [0.5, 0.6) is 0 Å². The van der Waals surface area contributed by atoms with Gasteiger partial charge >= 0.3 is 0 Å². The van der Waals surface area contributed by atoms with Gasteiger partial charge < -0.3 is 11.1 Å². The van der Waals surface area contributed by atoms with Crippen LogP contribution in [-0.4, -0.2) is 30.9 Å². The summed E-state index contributed by atoms with van der Waals surface area (Å²) in [5.41, 5.74) is 7.53. The van der Waals surface area contributed by atoms with Crippen LogP contribution in [0.15, 0.2) is 12.3 Å². The molecular weight excluding hydrogens is 238 g/mol. The smallest absolute Gasteiger partial charge is 0.150 e. The molecule has 0 atom stereocenters. The first kappa shape index (κ1) is 12.2. The number of anilines is 2. The Morgan fingerprint density at radius 3 is 2.71 bits per heavy atom. The van der Waals surface area contributed by atoms with Gasteiger partial charge in [0.25, 0.3) is 0 Å². The van der Waals surface area contributed by atoms with Crippen LogP contribution < -0.4 is 11.1 Å². The molecule has 1 aromatic rings. The second kappa shape index (κ2) is 4.52. The van der Waals surface area contributed by atoms with Gasteiger partial charge in [0, 0.05) is 12.2 Å². The van der Waals surface area contributed by atoms with E-state index in [4.69, 9.17) is 5.73 Å². The lowest BCUT2D eigenvalue weighted by atomic mass is 10.1. The summed E-state index contributed by atoms with van der Waals surface area (Å²) in [4.78, 5) is 4.18. The van der Waals surface area contributed by atoms with Gasteiger partial charge in [0.05, 0.1) is 17.2 Å². The van der Waals surface area contributed by atoms with E-state index in [9.17, 15) is 8.42 Å². The Hall–Kier alpha value is -1.30. The lowest BCUT2D eigenvalue weighted by Crippen LogP contribution is -2.32. The summed E-state index contributed by atoms with van der Waals surface area (Å²) in [6.07, 6.45) is 2.95. The lowest BCUT2D eigenvalue weighted by Gasteiger charge is -2.24. The molecular formula is C11H17N3O2S. The zero-order valence-electron chi connectivity index (χ0n) is 9.81. The second-order valence-electron chi connectivity index (χ2n) is 4.46. The average Bonchev–Trinajstić information content (AvgIpc) is 2.27. The Bertz CT molecular complexity index is 499. The van der Waals surface area contributed by atoms with Crippen molar-refractivity contribution in [1.82, 2.24) is 4.98 Å². The molecule has 0 saturated carbocycles. The minimum atomic E-state index is -2.82. The number of pyridine rings is 1. The number of nitrogens with one attached hydrogen (secondary N) is 1. The van der Waals surface area contributed by atoms with E-state index in [2.05, 4.69) is 10.3 Å². The predicted octanol–water partition coefficient (Wildman–Crippen LogP) is 0.961. The Labute approximate surface area is 101 Å². The number of nitrogens with zero attached hydrogens (tertiary/aromatic N) is 1. The summed E-state index contributed by atoms with van der Waals surface area (Å²) in [7, 11) is -2.82. The Kier molecular flexibility index (Phi) is 3.24. The zero-order chi connectivity index (χ0) is 12.5. The fourth-order valence-corrected chi connectivity index (χ4v) is 3.40. The van der Waals surface area contributed by atoms with E-state index in [0.717, 1.165) is 5.56 Å². The number of hydrogen-bond acceptors (Lipinski definition) is 5. The van der Waals surface area contributed by atoms with Crippen molar-refractivity contribution in [2.75, 3.05) is 22.6 Å². The van der Waals surface area contributed by atoms with Gasteiger partial charge in [0.2, 0.25) is 0 Å². The maximum Gasteiger partial charge on any atom is 0.150 e. The van der Waals surface area contributed by atoms with Gasteiger partial charge in [-0.25, -0.2) is 13.4 Å². The number of hydrogen-bond donors (Lipinski definition) is 2. The van der Waals surface area contributed by atoms with Crippen molar-refractivity contribution in [3.8, 4) is 0 Å². The first-order valence-corrected chi connectivity index (χ1v) is 7.48. The Morgan fingerprint density at radius 2 is 2.06 bits per heavy atom. The number of nitrogens with two attached hydrogens (primary N) is 1. The third kappa shape index (κ3) is 2.88. The molecule has 2 rings (SSSR count). The first-order chi connectivity index (χ1) is 7.98. The highest BCUT2D eigenvalue weighted by molar-refractivity contribution is 7.91. The Balaban J connectivity index is 2.05. The molecule has 17 heavy (non-hydrogen) atoms. The Morgan fingerprint density at radius 1 is 1.41 bits per heavy atom. The SMILES string of the molecule is Cc1ccnc(NC2CCS(=O)(=O)CC2)c1N. The van der Waals surface area contributed by atoms with Crippen molar-refractivity contribution < 1.29 is 8.42 Å². The molecule has 0 spiro atoms. The molecule has 3 N–H and O–H groups in total. The van der Waals surface area contributed by atoms with E-state index in [1.54, 1.807) is 6.20 Å². The van der Waals surface area contributed by atoms with Crippen molar-refractivity contribution >= 4 is 21.3 Å². The van der Waals surface area contributed by atoms with Crippen LogP contribution >= 0.6 is 0 Å². The molecule has 0 aromatic carbocycles. The molecule has 1 aromatic heterocycles. The lowest BCUT2D eigenvalue weighted by molar-refractivity contribution is 0.559. The van der Waals surface area contributed by atoms with Crippen LogP contribution in [0.3, 0.4) is 0 Å². The molecule has 1 aliphatic rings. The van der Waals surface area contributed by atoms with Gasteiger partial charge in [-0.1, -0.05) is 0 Å². The molecule has 6 heteroatoms. The van der Waals surface area contributed by atoms with E-state index in [1.165, 1.54) is 0 Å². The summed E-state index contributed by atoms with van der Waals surface area (Å²) in [6.45, 7) is 1.92. The fourth-order valence-electron chi connectivity index (χ4n) is 1.91. The summed E-state index contributed by atoms with van der Waals surface area (Å²) in [6, 6.07) is 2.00. The first-order valence-electron chi connectivity index (χ1n) is 5.66. The number of rotatable bonds is 2. The maximum atomic E-state index is 11.3. The number of aryl methyl sites for hydroxylation is 1. The van der Waals surface area contributed by atoms with E-state index in [0.29, 0.717) is 24.3 Å². The highest BCUT2D eigenvalue weighted by atomic mass is 32.2. The van der Waals surface area contributed by atoms with Crippen molar-refractivity contribution in [1.29, 1.82) is 0 Å². The summed E-state index contributed by atoms with van der Waals surface area (Å²) >= 11 is 0.